The van der Waals surface area contributed by atoms with E-state index in [9.17, 15) is 5.11 Å². The molecule has 2 aromatic heterocycles. The van der Waals surface area contributed by atoms with Crippen LogP contribution in [-0.2, 0) is 0 Å². The number of likely N-dealkylation sites (N-methyl/N-ethyl adjacent to an activating group) is 1. The lowest BCUT2D eigenvalue weighted by atomic mass is 10.0. The number of furan rings is 1. The van der Waals surface area contributed by atoms with Gasteiger partial charge in [0.05, 0.1) is 43.0 Å². The minimum atomic E-state index is -1.81. The molecule has 0 spiro atoms. The van der Waals surface area contributed by atoms with Crippen molar-refractivity contribution in [2.24, 2.45) is 0 Å². The summed E-state index contributed by atoms with van der Waals surface area (Å²) in [5.74, 6) is -2.24. The fourth-order valence-corrected chi connectivity index (χ4v) is 5.32. The number of anilines is 5. The summed E-state index contributed by atoms with van der Waals surface area (Å²) >= 11 is 0. The lowest BCUT2D eigenvalue weighted by Gasteiger charge is -2.35. The number of aliphatic hydroxyl groups excluding tert-OH is 1. The maximum absolute atomic E-state index is 15.2. The summed E-state index contributed by atoms with van der Waals surface area (Å²) < 4.78 is 46.4. The summed E-state index contributed by atoms with van der Waals surface area (Å²) in [5, 5.41) is 15.1. The van der Waals surface area contributed by atoms with Crippen LogP contribution in [0.4, 0.5) is 37.3 Å². The van der Waals surface area contributed by atoms with Gasteiger partial charge in [-0.1, -0.05) is 6.92 Å². The van der Waals surface area contributed by atoms with Gasteiger partial charge in [-0.3, -0.25) is 0 Å². The molecule has 12 heteroatoms. The Hall–Kier alpha value is -4.29. The summed E-state index contributed by atoms with van der Waals surface area (Å²) in [4.78, 5) is 10.9. The highest BCUT2D eigenvalue weighted by molar-refractivity contribution is 5.95. The molecule has 3 heterocycles. The Bertz CT molecular complexity index is 1560. The van der Waals surface area contributed by atoms with E-state index in [1.165, 1.54) is 20.4 Å². The summed E-state index contributed by atoms with van der Waals surface area (Å²) in [5.41, 5.74) is 8.84. The number of nitrogens with one attached hydrogen (secondary N) is 1. The van der Waals surface area contributed by atoms with E-state index in [0.29, 0.717) is 33.8 Å². The second-order valence-corrected chi connectivity index (χ2v) is 10.3. The molecule has 1 saturated heterocycles. The summed E-state index contributed by atoms with van der Waals surface area (Å²) in [7, 11) is 5.96. The number of aliphatic hydroxyl groups is 1. The molecule has 224 valence electrons. The topological polar surface area (TPSA) is 112 Å². The number of fused-ring (bicyclic) bond motifs is 1. The number of piperazine rings is 1. The number of nitrogen functional groups attached to an aromatic ring is 1. The van der Waals surface area contributed by atoms with Gasteiger partial charge in [-0.05, 0) is 30.8 Å². The van der Waals surface area contributed by atoms with Gasteiger partial charge in [0.25, 0.3) is 0 Å². The van der Waals surface area contributed by atoms with E-state index >= 15 is 8.78 Å². The van der Waals surface area contributed by atoms with Gasteiger partial charge in [0.15, 0.2) is 34.5 Å². The van der Waals surface area contributed by atoms with Crippen LogP contribution in [0.3, 0.4) is 0 Å². The van der Waals surface area contributed by atoms with Crippen molar-refractivity contribution in [1.82, 2.24) is 9.88 Å². The number of methoxy groups -OCH3 is 2. The minimum absolute atomic E-state index is 0.0610. The molecular formula is C30H36F2N6O4. The van der Waals surface area contributed by atoms with Crippen LogP contribution in [0.1, 0.15) is 24.4 Å². The molecule has 0 saturated carbocycles. The molecule has 10 nitrogen and oxygen atoms in total. The molecule has 4 N–H and O–H groups in total. The summed E-state index contributed by atoms with van der Waals surface area (Å²) in [6, 6.07) is 8.72. The SMILES string of the molecule is CCN1CCN(c2ccc(Nc3cc4c(N(C)C)c(C(O)c5c(F)c(OC)cc(OC)c5F)oc4cn3)c(N)c2)CC1. The highest BCUT2D eigenvalue weighted by Crippen LogP contribution is 2.43. The number of hydrogen-bond acceptors (Lipinski definition) is 10. The lowest BCUT2D eigenvalue weighted by molar-refractivity contribution is 0.180. The normalized spacial score (nSPS) is 14.7. The van der Waals surface area contributed by atoms with Gasteiger partial charge < -0.3 is 44.7 Å². The van der Waals surface area contributed by atoms with E-state index in [1.54, 1.807) is 25.1 Å². The van der Waals surface area contributed by atoms with Crippen LogP contribution in [0.5, 0.6) is 11.5 Å². The van der Waals surface area contributed by atoms with Crippen LogP contribution in [0.25, 0.3) is 11.0 Å². The molecule has 2 aromatic carbocycles. The van der Waals surface area contributed by atoms with Crippen molar-refractivity contribution < 1.29 is 27.8 Å². The first kappa shape index (κ1) is 29.2. The first-order valence-corrected chi connectivity index (χ1v) is 13.7. The Labute approximate surface area is 243 Å². The van der Waals surface area contributed by atoms with E-state index in [-0.39, 0.29) is 17.3 Å². The van der Waals surface area contributed by atoms with E-state index in [1.807, 2.05) is 18.2 Å². The average Bonchev–Trinajstić information content (AvgIpc) is 3.38. The number of nitrogens with zero attached hydrogens (tertiary/aromatic N) is 4. The Balaban J connectivity index is 1.47. The molecule has 1 aliphatic rings. The molecule has 0 bridgehead atoms. The average molecular weight is 583 g/mol. The van der Waals surface area contributed by atoms with Crippen LogP contribution in [0.15, 0.2) is 40.9 Å². The zero-order valence-corrected chi connectivity index (χ0v) is 24.4. The highest BCUT2D eigenvalue weighted by Gasteiger charge is 2.32. The van der Waals surface area contributed by atoms with Crippen LogP contribution in [0.2, 0.25) is 0 Å². The molecule has 1 atom stereocenters. The molecule has 0 aliphatic carbocycles. The standard InChI is InChI=1S/C30H36F2N6O4/c1-6-37-9-11-38(12-10-37)17-7-8-20(19(33)13-17)35-24-14-18-23(16-34-24)42-30(28(18)36(2)3)29(39)25-26(31)21(40-4)15-22(41-5)27(25)32/h7-8,13-16,29,39H,6,9-12,33H2,1-5H3,(H,34,35). The van der Waals surface area contributed by atoms with Gasteiger partial charge in [0, 0.05) is 57.4 Å². The molecule has 0 amide bonds. The molecule has 1 unspecified atom stereocenters. The quantitative estimate of drug-likeness (QED) is 0.239. The zero-order valence-electron chi connectivity index (χ0n) is 24.4. The highest BCUT2D eigenvalue weighted by atomic mass is 19.1. The number of pyridine rings is 1. The maximum Gasteiger partial charge on any atom is 0.174 e. The third-order valence-electron chi connectivity index (χ3n) is 7.63. The van der Waals surface area contributed by atoms with Gasteiger partial charge in [-0.15, -0.1) is 0 Å². The number of nitrogens with two attached hydrogens (primary N) is 1. The predicted molar refractivity (Wildman–Crippen MR) is 160 cm³/mol. The van der Waals surface area contributed by atoms with E-state index in [4.69, 9.17) is 19.6 Å². The first-order valence-electron chi connectivity index (χ1n) is 13.7. The lowest BCUT2D eigenvalue weighted by Crippen LogP contribution is -2.46. The largest absolute Gasteiger partial charge is 0.494 e. The Morgan fingerprint density at radius 2 is 1.74 bits per heavy atom. The van der Waals surface area contributed by atoms with Crippen molar-refractivity contribution in [3.8, 4) is 11.5 Å². The Morgan fingerprint density at radius 1 is 1.07 bits per heavy atom. The smallest absolute Gasteiger partial charge is 0.174 e. The van der Waals surface area contributed by atoms with E-state index in [0.717, 1.165) is 44.5 Å². The molecule has 0 radical (unpaired) electrons. The summed E-state index contributed by atoms with van der Waals surface area (Å²) in [6.45, 7) is 7.13. The van der Waals surface area contributed by atoms with Gasteiger partial charge in [-0.2, -0.15) is 0 Å². The molecule has 1 fully saturated rings. The Kier molecular flexibility index (Phi) is 8.28. The minimum Gasteiger partial charge on any atom is -0.494 e. The molecule has 42 heavy (non-hydrogen) atoms. The fourth-order valence-electron chi connectivity index (χ4n) is 5.32. The second-order valence-electron chi connectivity index (χ2n) is 10.3. The molecule has 4 aromatic rings. The van der Waals surface area contributed by atoms with Gasteiger partial charge in [-0.25, -0.2) is 13.8 Å². The van der Waals surface area contributed by atoms with Crippen LogP contribution in [-0.4, -0.2) is 76.0 Å². The van der Waals surface area contributed by atoms with Crippen molar-refractivity contribution in [2.45, 2.75) is 13.0 Å². The number of hydrogen-bond donors (Lipinski definition) is 3. The first-order chi connectivity index (χ1) is 20.2. The number of aromatic nitrogens is 1. The van der Waals surface area contributed by atoms with Crippen LogP contribution in [0, 0.1) is 11.6 Å². The summed E-state index contributed by atoms with van der Waals surface area (Å²) in [6.07, 6.45) is -0.324. The number of ether oxygens (including phenoxy) is 2. The molecule has 5 rings (SSSR count). The van der Waals surface area contributed by atoms with Crippen molar-refractivity contribution in [3.63, 3.8) is 0 Å². The van der Waals surface area contributed by atoms with E-state index in [2.05, 4.69) is 27.0 Å². The third-order valence-corrected chi connectivity index (χ3v) is 7.63. The predicted octanol–water partition coefficient (Wildman–Crippen LogP) is 4.74. The van der Waals surface area contributed by atoms with Gasteiger partial charge >= 0.3 is 0 Å². The maximum atomic E-state index is 15.2. The van der Waals surface area contributed by atoms with Crippen molar-refractivity contribution in [2.75, 3.05) is 81.9 Å². The number of benzene rings is 2. The monoisotopic (exact) mass is 582 g/mol. The van der Waals surface area contributed by atoms with Crippen LogP contribution < -0.4 is 30.3 Å². The number of rotatable bonds is 9. The van der Waals surface area contributed by atoms with Crippen molar-refractivity contribution in [3.05, 3.63) is 59.5 Å². The van der Waals surface area contributed by atoms with Gasteiger partial charge in [0.2, 0.25) is 0 Å². The number of halogens is 2. The molecular weight excluding hydrogens is 546 g/mol. The Morgan fingerprint density at radius 3 is 2.31 bits per heavy atom. The molecule has 1 aliphatic heterocycles. The third kappa shape index (κ3) is 5.35. The van der Waals surface area contributed by atoms with E-state index < -0.39 is 23.3 Å². The van der Waals surface area contributed by atoms with Crippen molar-refractivity contribution >= 4 is 39.5 Å². The van der Waals surface area contributed by atoms with Crippen LogP contribution >= 0.6 is 0 Å². The van der Waals surface area contributed by atoms with Crippen molar-refractivity contribution in [1.29, 1.82) is 0 Å². The fraction of sp³-hybridized carbons (Fsp3) is 0.367. The van der Waals surface area contributed by atoms with Gasteiger partial charge in [0.1, 0.15) is 11.9 Å². The zero-order chi connectivity index (χ0) is 30.1. The second kappa shape index (κ2) is 11.9.